The highest BCUT2D eigenvalue weighted by atomic mass is 19.4. The minimum Gasteiger partial charge on any atom is -0.373 e. The molecule has 1 amide bonds. The molecule has 23 heavy (non-hydrogen) atoms. The van der Waals surface area contributed by atoms with Gasteiger partial charge in [-0.2, -0.15) is 13.2 Å². The molecule has 0 unspecified atom stereocenters. The van der Waals surface area contributed by atoms with Crippen molar-refractivity contribution >= 4 is 5.91 Å². The summed E-state index contributed by atoms with van der Waals surface area (Å²) in [6, 6.07) is 5.26. The number of rotatable bonds is 3. The van der Waals surface area contributed by atoms with Crippen LogP contribution in [0.1, 0.15) is 28.8 Å². The van der Waals surface area contributed by atoms with Crippen molar-refractivity contribution in [1.82, 2.24) is 10.2 Å². The highest BCUT2D eigenvalue weighted by molar-refractivity contribution is 5.95. The molecule has 4 nitrogen and oxygen atoms in total. The number of morpholine rings is 1. The van der Waals surface area contributed by atoms with Gasteiger partial charge in [-0.1, -0.05) is 12.1 Å². The van der Waals surface area contributed by atoms with E-state index in [2.05, 4.69) is 10.2 Å². The quantitative estimate of drug-likeness (QED) is 0.926. The van der Waals surface area contributed by atoms with Crippen molar-refractivity contribution in [2.75, 3.05) is 26.2 Å². The number of nitrogens with one attached hydrogen (secondary N) is 1. The van der Waals surface area contributed by atoms with Gasteiger partial charge in [-0.05, 0) is 31.5 Å². The van der Waals surface area contributed by atoms with Gasteiger partial charge in [0.05, 0.1) is 23.8 Å². The Kier molecular flexibility index (Phi) is 4.59. The summed E-state index contributed by atoms with van der Waals surface area (Å²) in [7, 11) is 0. The molecule has 2 heterocycles. The summed E-state index contributed by atoms with van der Waals surface area (Å²) in [6.45, 7) is 2.58. The molecule has 1 N–H and O–H groups in total. The number of amides is 1. The maximum absolute atomic E-state index is 12.9. The number of hydrogen-bond donors (Lipinski definition) is 1. The molecule has 126 valence electrons. The zero-order valence-electron chi connectivity index (χ0n) is 12.6. The van der Waals surface area contributed by atoms with Crippen LogP contribution in [0.4, 0.5) is 13.2 Å². The standard InChI is InChI=1S/C16H19F3N2O2/c17-16(18,19)14-6-2-1-5-13(14)15(22)20-8-12-9-21-7-3-4-11(21)10-23-12/h1-2,5-6,11-12H,3-4,7-10H2,(H,20,22)/t11-,12+/m0/s1. The van der Waals surface area contributed by atoms with Crippen LogP contribution in [0.25, 0.3) is 0 Å². The van der Waals surface area contributed by atoms with Crippen molar-refractivity contribution in [3.8, 4) is 0 Å². The maximum atomic E-state index is 12.9. The van der Waals surface area contributed by atoms with E-state index in [1.54, 1.807) is 0 Å². The Bertz CT molecular complexity index is 577. The highest BCUT2D eigenvalue weighted by Crippen LogP contribution is 2.31. The summed E-state index contributed by atoms with van der Waals surface area (Å²) in [5.74, 6) is -0.718. The number of ether oxygens (including phenoxy) is 1. The van der Waals surface area contributed by atoms with Crippen LogP contribution in [0.2, 0.25) is 0 Å². The first-order valence-corrected chi connectivity index (χ1v) is 7.75. The lowest BCUT2D eigenvalue weighted by Gasteiger charge is -2.35. The van der Waals surface area contributed by atoms with Crippen molar-refractivity contribution in [3.63, 3.8) is 0 Å². The molecule has 2 fully saturated rings. The van der Waals surface area contributed by atoms with E-state index in [-0.39, 0.29) is 18.2 Å². The van der Waals surface area contributed by atoms with E-state index in [1.165, 1.54) is 18.2 Å². The Morgan fingerprint density at radius 2 is 2.13 bits per heavy atom. The topological polar surface area (TPSA) is 41.6 Å². The normalized spacial score (nSPS) is 25.2. The Labute approximate surface area is 132 Å². The Morgan fingerprint density at radius 1 is 1.35 bits per heavy atom. The first-order valence-electron chi connectivity index (χ1n) is 7.75. The smallest absolute Gasteiger partial charge is 0.373 e. The number of halogens is 3. The molecule has 0 spiro atoms. The van der Waals surface area contributed by atoms with E-state index in [4.69, 9.17) is 4.74 Å². The SMILES string of the molecule is O=C(NC[C@@H]1CN2CCC[C@H]2CO1)c1ccccc1C(F)(F)F. The molecule has 0 bridgehead atoms. The summed E-state index contributed by atoms with van der Waals surface area (Å²) in [4.78, 5) is 14.4. The summed E-state index contributed by atoms with van der Waals surface area (Å²) in [6.07, 6.45) is -2.45. The molecule has 7 heteroatoms. The van der Waals surface area contributed by atoms with Crippen molar-refractivity contribution in [2.24, 2.45) is 0 Å². The average Bonchev–Trinajstić information content (AvgIpc) is 2.99. The molecule has 2 aliphatic rings. The predicted molar refractivity (Wildman–Crippen MR) is 78.1 cm³/mol. The molecule has 0 radical (unpaired) electrons. The first kappa shape index (κ1) is 16.3. The highest BCUT2D eigenvalue weighted by Gasteiger charge is 2.35. The van der Waals surface area contributed by atoms with Gasteiger partial charge in [0.2, 0.25) is 0 Å². The molecule has 2 atom stereocenters. The number of fused-ring (bicyclic) bond motifs is 1. The van der Waals surface area contributed by atoms with E-state index in [0.717, 1.165) is 25.5 Å². The maximum Gasteiger partial charge on any atom is 0.417 e. The van der Waals surface area contributed by atoms with E-state index >= 15 is 0 Å². The van der Waals surface area contributed by atoms with Crippen LogP contribution in [0.3, 0.4) is 0 Å². The minimum atomic E-state index is -4.54. The number of carbonyl (C=O) groups is 1. The Morgan fingerprint density at radius 3 is 2.91 bits per heavy atom. The first-order chi connectivity index (χ1) is 10.9. The third-order valence-corrected chi connectivity index (χ3v) is 4.43. The fourth-order valence-electron chi connectivity index (χ4n) is 3.24. The van der Waals surface area contributed by atoms with Gasteiger partial charge in [0, 0.05) is 19.1 Å². The summed E-state index contributed by atoms with van der Waals surface area (Å²) < 4.78 is 44.5. The molecule has 3 rings (SSSR count). The molecule has 2 saturated heterocycles. The van der Waals surface area contributed by atoms with Crippen molar-refractivity contribution in [2.45, 2.75) is 31.2 Å². The number of hydrogen-bond acceptors (Lipinski definition) is 3. The van der Waals surface area contributed by atoms with E-state index < -0.39 is 17.6 Å². The Hall–Kier alpha value is -1.60. The van der Waals surface area contributed by atoms with E-state index in [9.17, 15) is 18.0 Å². The van der Waals surface area contributed by atoms with Gasteiger partial charge in [-0.15, -0.1) is 0 Å². The summed E-state index contributed by atoms with van der Waals surface area (Å²) in [5.41, 5.74) is -1.27. The lowest BCUT2D eigenvalue weighted by atomic mass is 10.1. The van der Waals surface area contributed by atoms with Gasteiger partial charge < -0.3 is 10.1 Å². The zero-order valence-corrected chi connectivity index (χ0v) is 12.6. The van der Waals surface area contributed by atoms with Gasteiger partial charge in [-0.25, -0.2) is 0 Å². The monoisotopic (exact) mass is 328 g/mol. The van der Waals surface area contributed by atoms with Crippen molar-refractivity contribution in [1.29, 1.82) is 0 Å². The van der Waals surface area contributed by atoms with Gasteiger partial charge in [0.25, 0.3) is 5.91 Å². The van der Waals surface area contributed by atoms with Gasteiger partial charge in [-0.3, -0.25) is 9.69 Å². The second-order valence-corrected chi connectivity index (χ2v) is 6.00. The van der Waals surface area contributed by atoms with Crippen LogP contribution in [0, 0.1) is 0 Å². The zero-order chi connectivity index (χ0) is 16.4. The molecule has 0 aromatic heterocycles. The van der Waals surface area contributed by atoms with Crippen molar-refractivity contribution in [3.05, 3.63) is 35.4 Å². The second kappa shape index (κ2) is 6.49. The molecular weight excluding hydrogens is 309 g/mol. The molecule has 0 aliphatic carbocycles. The predicted octanol–water partition coefficient (Wildman–Crippen LogP) is 2.30. The molecular formula is C16H19F3N2O2. The molecule has 1 aromatic rings. The number of nitrogens with zero attached hydrogens (tertiary/aromatic N) is 1. The largest absolute Gasteiger partial charge is 0.417 e. The van der Waals surface area contributed by atoms with Crippen LogP contribution in [-0.2, 0) is 10.9 Å². The summed E-state index contributed by atoms with van der Waals surface area (Å²) in [5, 5.41) is 2.57. The number of alkyl halides is 3. The summed E-state index contributed by atoms with van der Waals surface area (Å²) >= 11 is 0. The minimum absolute atomic E-state index is 0.175. The molecule has 1 aromatic carbocycles. The fraction of sp³-hybridized carbons (Fsp3) is 0.562. The second-order valence-electron chi connectivity index (χ2n) is 6.00. The van der Waals surface area contributed by atoms with Gasteiger partial charge >= 0.3 is 6.18 Å². The number of carbonyl (C=O) groups excluding carboxylic acids is 1. The van der Waals surface area contributed by atoms with E-state index in [1.807, 2.05) is 0 Å². The van der Waals surface area contributed by atoms with Gasteiger partial charge in [0.15, 0.2) is 0 Å². The van der Waals surface area contributed by atoms with Crippen molar-refractivity contribution < 1.29 is 22.7 Å². The number of benzene rings is 1. The molecule has 0 saturated carbocycles. The lowest BCUT2D eigenvalue weighted by Crippen LogP contribution is -2.50. The van der Waals surface area contributed by atoms with Crippen LogP contribution < -0.4 is 5.32 Å². The van der Waals surface area contributed by atoms with Crippen LogP contribution in [0.5, 0.6) is 0 Å². The fourth-order valence-corrected chi connectivity index (χ4v) is 3.24. The lowest BCUT2D eigenvalue weighted by molar-refractivity contribution is -0.137. The average molecular weight is 328 g/mol. The Balaban J connectivity index is 1.60. The third kappa shape index (κ3) is 3.67. The van der Waals surface area contributed by atoms with Crippen LogP contribution in [-0.4, -0.2) is 49.2 Å². The molecule has 2 aliphatic heterocycles. The third-order valence-electron chi connectivity index (χ3n) is 4.43. The van der Waals surface area contributed by atoms with Crippen LogP contribution in [0.15, 0.2) is 24.3 Å². The van der Waals surface area contributed by atoms with E-state index in [0.29, 0.717) is 19.2 Å². The van der Waals surface area contributed by atoms with Crippen LogP contribution >= 0.6 is 0 Å². The van der Waals surface area contributed by atoms with Gasteiger partial charge in [0.1, 0.15) is 0 Å².